The average molecular weight is 1260 g/mol. The molecule has 6 bridgehead atoms. The second-order valence-corrected chi connectivity index (χ2v) is 24.2. The summed E-state index contributed by atoms with van der Waals surface area (Å²) in [4.78, 5) is 167. The molecule has 474 valence electrons. The van der Waals surface area contributed by atoms with Crippen molar-refractivity contribution in [1.82, 2.24) is 14.7 Å². The molecular formula is C69H60N6O18. The maximum absolute atomic E-state index is 13.6. The highest BCUT2D eigenvalue weighted by Crippen LogP contribution is 2.63. The Morgan fingerprint density at radius 3 is 0.720 bits per heavy atom. The molecule has 9 fully saturated rings. The number of esters is 3. The summed E-state index contributed by atoms with van der Waals surface area (Å²) in [6.45, 7) is 5.15. The molecule has 6 aromatic carbocycles. The van der Waals surface area contributed by atoms with Crippen molar-refractivity contribution in [3.63, 3.8) is 0 Å². The van der Waals surface area contributed by atoms with E-state index < -0.39 is 141 Å². The van der Waals surface area contributed by atoms with Gasteiger partial charge in [0.15, 0.2) is 17.2 Å². The molecule has 9 aliphatic rings. The number of rotatable bonds is 12. The topological polar surface area (TPSA) is 280 Å². The number of hydrogen-bond donors (Lipinski definition) is 0. The smallest absolute Gasteiger partial charge is 0.349 e. The number of ether oxygens (including phenoxy) is 6. The third kappa shape index (κ3) is 8.39. The van der Waals surface area contributed by atoms with E-state index in [1.807, 2.05) is 91.0 Å². The van der Waals surface area contributed by atoms with Crippen molar-refractivity contribution < 1.29 is 86.0 Å². The molecule has 0 N–H and O–H groups in total. The third-order valence-electron chi connectivity index (χ3n) is 19.4. The molecule has 12 atom stereocenters. The molecule has 0 unspecified atom stereocenters. The number of carbonyl (C=O) groups excluding carboxylic acids is 12. The molecular weight excluding hydrogens is 1200 g/mol. The fraction of sp³-hybridized carbons (Fsp3) is 0.304. The zero-order chi connectivity index (χ0) is 65.9. The van der Waals surface area contributed by atoms with Gasteiger partial charge in [-0.15, -0.1) is 0 Å². The lowest BCUT2D eigenvalue weighted by Gasteiger charge is -2.38. The van der Waals surface area contributed by atoms with Crippen LogP contribution in [0.25, 0.3) is 0 Å². The van der Waals surface area contributed by atoms with Crippen LogP contribution in [0.5, 0.6) is 0 Å². The van der Waals surface area contributed by atoms with Crippen LogP contribution in [0.4, 0.5) is 17.1 Å². The van der Waals surface area contributed by atoms with Gasteiger partial charge in [0, 0.05) is 19.6 Å². The Balaban J connectivity index is 0.000000127. The molecule has 24 heteroatoms. The normalized spacial score (nSPS) is 31.4. The summed E-state index contributed by atoms with van der Waals surface area (Å²) in [5.74, 6) is -15.2. The van der Waals surface area contributed by atoms with E-state index in [9.17, 15) is 57.5 Å². The van der Waals surface area contributed by atoms with Crippen LogP contribution in [0.3, 0.4) is 0 Å². The average Bonchev–Trinajstić information content (AvgIpc) is 1.51. The van der Waals surface area contributed by atoms with Crippen LogP contribution < -0.4 is 14.7 Å². The van der Waals surface area contributed by atoms with E-state index in [1.165, 1.54) is 14.7 Å². The van der Waals surface area contributed by atoms with Gasteiger partial charge in [-0.1, -0.05) is 146 Å². The summed E-state index contributed by atoms with van der Waals surface area (Å²) in [6, 6.07) is 52.9. The van der Waals surface area contributed by atoms with Crippen molar-refractivity contribution in [3.05, 3.63) is 199 Å². The Labute approximate surface area is 531 Å². The van der Waals surface area contributed by atoms with Gasteiger partial charge in [0.05, 0.1) is 38.4 Å². The van der Waals surface area contributed by atoms with Gasteiger partial charge >= 0.3 is 17.9 Å². The lowest BCUT2D eigenvalue weighted by Crippen LogP contribution is -2.61. The molecule has 0 saturated carbocycles. The predicted octanol–water partition coefficient (Wildman–Crippen LogP) is 4.48. The van der Waals surface area contributed by atoms with Gasteiger partial charge in [0.2, 0.25) is 35.4 Å². The van der Waals surface area contributed by atoms with Gasteiger partial charge in [-0.2, -0.15) is 0 Å². The van der Waals surface area contributed by atoms with Crippen LogP contribution in [-0.4, -0.2) is 141 Å². The van der Waals surface area contributed by atoms with Crippen molar-refractivity contribution in [1.29, 1.82) is 0 Å². The highest BCUT2D eigenvalue weighted by atomic mass is 16.6. The number of fused-ring (bicyclic) bond motifs is 15. The van der Waals surface area contributed by atoms with Crippen LogP contribution in [0.15, 0.2) is 182 Å². The van der Waals surface area contributed by atoms with Crippen molar-refractivity contribution >= 4 is 88.1 Å². The van der Waals surface area contributed by atoms with Gasteiger partial charge in [-0.25, -0.2) is 29.1 Å². The summed E-state index contributed by atoms with van der Waals surface area (Å²) >= 11 is 0. The molecule has 93 heavy (non-hydrogen) atoms. The Hall–Kier alpha value is -10.6. The molecule has 0 aromatic heterocycles. The molecule has 0 radical (unpaired) electrons. The zero-order valence-electron chi connectivity index (χ0n) is 50.9. The number of benzene rings is 6. The minimum atomic E-state index is -2.18. The van der Waals surface area contributed by atoms with Gasteiger partial charge in [0.25, 0.3) is 34.5 Å². The molecule has 6 aromatic rings. The highest BCUT2D eigenvalue weighted by molar-refractivity contribution is 6.31. The number of para-hydroxylation sites is 3. The number of carbonyl (C=O) groups is 12. The number of nitrogens with zero attached hydrogens (tertiary/aromatic N) is 6. The molecule has 9 amide bonds. The number of likely N-dealkylation sites (tertiary alicyclic amines) is 3. The standard InChI is InChI=1S/3C23H20N2O6/c3*1-22-16-17(19(27)25(18(16)26)15-11-7-4-8-12-15)23(31-22,21(29)30-2)20(28)24(22)13-14-9-5-3-6-10-14/h3*3-12,16-17H,13H2,1-2H3/t3*16-,17+,22+,23-/m100/s1. The second kappa shape index (κ2) is 22.1. The predicted molar refractivity (Wildman–Crippen MR) is 321 cm³/mol. The minimum Gasteiger partial charge on any atom is -0.466 e. The number of imide groups is 3. The van der Waals surface area contributed by atoms with Crippen LogP contribution in [0.1, 0.15) is 37.5 Å². The summed E-state index contributed by atoms with van der Waals surface area (Å²) in [5, 5.41) is 0. The Kier molecular flexibility index (Phi) is 14.6. The molecule has 0 spiro atoms. The Morgan fingerprint density at radius 1 is 0.323 bits per heavy atom. The number of methoxy groups -OCH3 is 3. The van der Waals surface area contributed by atoms with Gasteiger partial charge < -0.3 is 43.1 Å². The molecule has 9 saturated heterocycles. The van der Waals surface area contributed by atoms with Crippen LogP contribution in [0, 0.1) is 35.5 Å². The summed E-state index contributed by atoms with van der Waals surface area (Å²) < 4.78 is 32.8. The largest absolute Gasteiger partial charge is 0.466 e. The number of anilines is 3. The molecule has 9 heterocycles. The van der Waals surface area contributed by atoms with E-state index >= 15 is 0 Å². The van der Waals surface area contributed by atoms with E-state index in [4.69, 9.17) is 28.4 Å². The van der Waals surface area contributed by atoms with Crippen LogP contribution >= 0.6 is 0 Å². The number of hydrogen-bond acceptors (Lipinski definition) is 18. The fourth-order valence-corrected chi connectivity index (χ4v) is 15.3. The van der Waals surface area contributed by atoms with Crippen molar-refractivity contribution in [2.75, 3.05) is 36.0 Å². The Bertz CT molecular complexity index is 3730. The first kappa shape index (κ1) is 61.3. The Morgan fingerprint density at radius 2 is 0.516 bits per heavy atom. The quantitative estimate of drug-likeness (QED) is 0.0707. The monoisotopic (exact) mass is 1260 g/mol. The maximum Gasteiger partial charge on any atom is 0.349 e. The van der Waals surface area contributed by atoms with Crippen molar-refractivity contribution in [2.24, 2.45) is 35.5 Å². The summed E-state index contributed by atoms with van der Waals surface area (Å²) in [6.07, 6.45) is 0. The second-order valence-electron chi connectivity index (χ2n) is 24.2. The van der Waals surface area contributed by atoms with Crippen LogP contribution in [-0.2, 0) is 106 Å². The molecule has 15 rings (SSSR count). The van der Waals surface area contributed by atoms with Gasteiger partial charge in [-0.3, -0.25) is 43.2 Å². The minimum absolute atomic E-state index is 0.130. The SMILES string of the molecule is COC(=O)[C@@]12O[C@@](C)([C@H]3C(=O)N(c4ccccc4)C(=O)[C@H]31)N(Cc1ccccc1)C2=O.COC(=O)[C@]12O[C@](C)([C@@H]3C(=O)N(c4ccccc4)C(=O)[C@@H]31)N(Cc1ccccc1)C2=O.COC(=O)[C@]12O[C@](C)([C@@H]3C(=O)N(c4ccccc4)C(=O)[C@@H]31)N(Cc1ccccc1)C2=O. The highest BCUT2D eigenvalue weighted by Gasteiger charge is 2.87. The van der Waals surface area contributed by atoms with Crippen molar-refractivity contribution in [2.45, 2.75) is 74.4 Å². The number of amides is 9. The molecule has 9 aliphatic heterocycles. The van der Waals surface area contributed by atoms with E-state index in [0.29, 0.717) is 17.1 Å². The third-order valence-corrected chi connectivity index (χ3v) is 19.4. The zero-order valence-corrected chi connectivity index (χ0v) is 50.9. The first-order valence-corrected chi connectivity index (χ1v) is 29.8. The lowest BCUT2D eigenvalue weighted by molar-refractivity contribution is -0.174. The van der Waals surface area contributed by atoms with E-state index in [1.54, 1.807) is 112 Å². The van der Waals surface area contributed by atoms with E-state index in [-0.39, 0.29) is 19.6 Å². The van der Waals surface area contributed by atoms with Gasteiger partial charge in [0.1, 0.15) is 35.5 Å². The van der Waals surface area contributed by atoms with Crippen molar-refractivity contribution in [3.8, 4) is 0 Å². The maximum atomic E-state index is 13.6. The number of piperidine rings is 3. The summed E-state index contributed by atoms with van der Waals surface area (Å²) in [7, 11) is 3.40. The van der Waals surface area contributed by atoms with Crippen LogP contribution in [0.2, 0.25) is 0 Å². The fourth-order valence-electron chi connectivity index (χ4n) is 15.3. The van der Waals surface area contributed by atoms with E-state index in [2.05, 4.69) is 0 Å². The van der Waals surface area contributed by atoms with E-state index in [0.717, 1.165) is 52.7 Å². The molecule has 24 nitrogen and oxygen atoms in total. The van der Waals surface area contributed by atoms with Gasteiger partial charge in [-0.05, 0) is 73.9 Å². The first-order chi connectivity index (χ1) is 44.6. The first-order valence-electron chi connectivity index (χ1n) is 29.8. The molecule has 0 aliphatic carbocycles. The summed E-state index contributed by atoms with van der Waals surface area (Å²) in [5.41, 5.74) is -7.38. The lowest BCUT2D eigenvalue weighted by atomic mass is 9.74.